The number of benzene rings is 2. The van der Waals surface area contributed by atoms with Crippen LogP contribution >= 0.6 is 0 Å². The standard InChI is InChI=1S/C19H21N3O/c1-16-9-11-18(12-10-16)20-15-13-19(23)22-21-14-5-8-17-6-3-2-4-7-17/h2-12,14,20H,13,15H2,1H3,(H,22,23)/b8-5+,21-14+. The number of hydrazone groups is 1. The van der Waals surface area contributed by atoms with Gasteiger partial charge in [0, 0.05) is 24.9 Å². The van der Waals surface area contributed by atoms with E-state index in [1.54, 1.807) is 12.3 Å². The molecule has 0 bridgehead atoms. The summed E-state index contributed by atoms with van der Waals surface area (Å²) in [4.78, 5) is 11.6. The lowest BCUT2D eigenvalue weighted by Crippen LogP contribution is -2.20. The molecule has 2 aromatic carbocycles. The van der Waals surface area contributed by atoms with Crippen LogP contribution in [0.15, 0.2) is 65.8 Å². The number of amides is 1. The minimum absolute atomic E-state index is 0.117. The summed E-state index contributed by atoms with van der Waals surface area (Å²) in [5.74, 6) is -0.117. The average Bonchev–Trinajstić information content (AvgIpc) is 2.57. The predicted molar refractivity (Wildman–Crippen MR) is 96.4 cm³/mol. The second kappa shape index (κ2) is 9.20. The molecule has 2 rings (SSSR count). The third-order valence-electron chi connectivity index (χ3n) is 3.17. The molecule has 2 aromatic rings. The van der Waals surface area contributed by atoms with Crippen molar-refractivity contribution >= 4 is 23.9 Å². The molecule has 2 N–H and O–H groups in total. The van der Waals surface area contributed by atoms with Crippen molar-refractivity contribution in [3.63, 3.8) is 0 Å². The lowest BCUT2D eigenvalue weighted by Gasteiger charge is -2.05. The van der Waals surface area contributed by atoms with Gasteiger partial charge in [0.1, 0.15) is 0 Å². The van der Waals surface area contributed by atoms with Crippen molar-refractivity contribution in [2.75, 3.05) is 11.9 Å². The number of aryl methyl sites for hydroxylation is 1. The Balaban J connectivity index is 1.64. The van der Waals surface area contributed by atoms with Gasteiger partial charge in [-0.3, -0.25) is 4.79 Å². The molecule has 23 heavy (non-hydrogen) atoms. The maximum absolute atomic E-state index is 11.6. The molecule has 0 fully saturated rings. The van der Waals surface area contributed by atoms with Crippen LogP contribution in [0.25, 0.3) is 6.08 Å². The van der Waals surface area contributed by atoms with Gasteiger partial charge in [-0.05, 0) is 30.7 Å². The molecule has 0 aliphatic heterocycles. The van der Waals surface area contributed by atoms with E-state index in [0.717, 1.165) is 11.3 Å². The first kappa shape index (κ1) is 16.5. The monoisotopic (exact) mass is 307 g/mol. The first-order valence-corrected chi connectivity index (χ1v) is 7.58. The molecule has 0 heterocycles. The zero-order chi connectivity index (χ0) is 16.3. The van der Waals surface area contributed by atoms with Crippen LogP contribution < -0.4 is 10.7 Å². The topological polar surface area (TPSA) is 53.5 Å². The van der Waals surface area contributed by atoms with E-state index >= 15 is 0 Å². The molecule has 4 nitrogen and oxygen atoms in total. The number of anilines is 1. The van der Waals surface area contributed by atoms with Crippen LogP contribution in [0.3, 0.4) is 0 Å². The Morgan fingerprint density at radius 3 is 2.57 bits per heavy atom. The molecular weight excluding hydrogens is 286 g/mol. The van der Waals surface area contributed by atoms with Crippen molar-refractivity contribution < 1.29 is 4.79 Å². The summed E-state index contributed by atoms with van der Waals surface area (Å²) in [5, 5.41) is 7.08. The van der Waals surface area contributed by atoms with Crippen molar-refractivity contribution in [2.24, 2.45) is 5.10 Å². The third kappa shape index (κ3) is 6.61. The highest BCUT2D eigenvalue weighted by atomic mass is 16.2. The molecule has 118 valence electrons. The second-order valence-corrected chi connectivity index (χ2v) is 5.13. The van der Waals surface area contributed by atoms with E-state index in [-0.39, 0.29) is 5.91 Å². The molecule has 0 saturated carbocycles. The summed E-state index contributed by atoms with van der Waals surface area (Å²) >= 11 is 0. The zero-order valence-electron chi connectivity index (χ0n) is 13.2. The van der Waals surface area contributed by atoms with Gasteiger partial charge in [0.25, 0.3) is 0 Å². The lowest BCUT2D eigenvalue weighted by atomic mass is 10.2. The highest BCUT2D eigenvalue weighted by Crippen LogP contribution is 2.08. The van der Waals surface area contributed by atoms with Gasteiger partial charge in [-0.2, -0.15) is 5.10 Å². The summed E-state index contributed by atoms with van der Waals surface area (Å²) in [6.45, 7) is 2.62. The van der Waals surface area contributed by atoms with Crippen molar-refractivity contribution in [1.29, 1.82) is 0 Å². The van der Waals surface area contributed by atoms with E-state index in [0.29, 0.717) is 13.0 Å². The quantitative estimate of drug-likeness (QED) is 0.606. The van der Waals surface area contributed by atoms with Crippen molar-refractivity contribution in [3.8, 4) is 0 Å². The minimum atomic E-state index is -0.117. The molecule has 4 heteroatoms. The van der Waals surface area contributed by atoms with Crippen LogP contribution in [0, 0.1) is 6.92 Å². The maximum atomic E-state index is 11.6. The van der Waals surface area contributed by atoms with Gasteiger partial charge in [0.15, 0.2) is 0 Å². The Morgan fingerprint density at radius 2 is 1.83 bits per heavy atom. The first-order chi connectivity index (χ1) is 11.2. The van der Waals surface area contributed by atoms with Crippen LogP contribution in [-0.4, -0.2) is 18.7 Å². The number of allylic oxidation sites excluding steroid dienone is 1. The number of carbonyl (C=O) groups excluding carboxylic acids is 1. The van der Waals surface area contributed by atoms with Crippen molar-refractivity contribution in [2.45, 2.75) is 13.3 Å². The zero-order valence-corrected chi connectivity index (χ0v) is 13.2. The van der Waals surface area contributed by atoms with Crippen LogP contribution in [0.2, 0.25) is 0 Å². The van der Waals surface area contributed by atoms with E-state index < -0.39 is 0 Å². The normalized spacial score (nSPS) is 11.0. The SMILES string of the molecule is Cc1ccc(NCCC(=O)N/N=C/C=C/c2ccccc2)cc1. The Labute approximate surface area is 136 Å². The van der Waals surface area contributed by atoms with Gasteiger partial charge in [0.2, 0.25) is 5.91 Å². The van der Waals surface area contributed by atoms with E-state index in [2.05, 4.69) is 15.8 Å². The molecular formula is C19H21N3O. The fourth-order valence-electron chi connectivity index (χ4n) is 1.92. The fraction of sp³-hybridized carbons (Fsp3) is 0.158. The molecule has 0 aliphatic carbocycles. The Morgan fingerprint density at radius 1 is 1.09 bits per heavy atom. The Kier molecular flexibility index (Phi) is 6.60. The Hall–Kier alpha value is -2.88. The summed E-state index contributed by atoms with van der Waals surface area (Å²) in [6, 6.07) is 18.0. The van der Waals surface area contributed by atoms with Gasteiger partial charge < -0.3 is 5.32 Å². The molecule has 0 aromatic heterocycles. The van der Waals surface area contributed by atoms with Crippen LogP contribution in [-0.2, 0) is 4.79 Å². The largest absolute Gasteiger partial charge is 0.385 e. The van der Waals surface area contributed by atoms with E-state index in [4.69, 9.17) is 0 Å². The number of hydrogen-bond acceptors (Lipinski definition) is 3. The van der Waals surface area contributed by atoms with Gasteiger partial charge in [0.05, 0.1) is 0 Å². The number of carbonyl (C=O) groups is 1. The van der Waals surface area contributed by atoms with E-state index in [9.17, 15) is 4.79 Å². The molecule has 0 aliphatic rings. The molecule has 0 unspecified atom stereocenters. The van der Waals surface area contributed by atoms with Gasteiger partial charge in [-0.1, -0.05) is 54.1 Å². The van der Waals surface area contributed by atoms with Crippen molar-refractivity contribution in [3.05, 3.63) is 71.8 Å². The summed E-state index contributed by atoms with van der Waals surface area (Å²) in [7, 11) is 0. The Bertz CT molecular complexity index is 661. The highest BCUT2D eigenvalue weighted by molar-refractivity contribution is 5.81. The second-order valence-electron chi connectivity index (χ2n) is 5.13. The molecule has 0 saturated heterocycles. The van der Waals surface area contributed by atoms with E-state index in [1.165, 1.54) is 5.56 Å². The predicted octanol–water partition coefficient (Wildman–Crippen LogP) is 3.61. The van der Waals surface area contributed by atoms with E-state index in [1.807, 2.05) is 67.6 Å². The summed E-state index contributed by atoms with van der Waals surface area (Å²) in [6.07, 6.45) is 5.65. The number of nitrogens with zero attached hydrogens (tertiary/aromatic N) is 1. The third-order valence-corrected chi connectivity index (χ3v) is 3.17. The van der Waals surface area contributed by atoms with Gasteiger partial charge >= 0.3 is 0 Å². The van der Waals surface area contributed by atoms with Crippen LogP contribution in [0.5, 0.6) is 0 Å². The minimum Gasteiger partial charge on any atom is -0.385 e. The van der Waals surface area contributed by atoms with Gasteiger partial charge in [-0.15, -0.1) is 0 Å². The number of rotatable bonds is 7. The fourth-order valence-corrected chi connectivity index (χ4v) is 1.92. The van der Waals surface area contributed by atoms with Gasteiger partial charge in [-0.25, -0.2) is 5.43 Å². The average molecular weight is 307 g/mol. The number of hydrogen-bond donors (Lipinski definition) is 2. The first-order valence-electron chi connectivity index (χ1n) is 7.58. The molecule has 0 spiro atoms. The highest BCUT2D eigenvalue weighted by Gasteiger charge is 1.98. The van der Waals surface area contributed by atoms with Crippen LogP contribution in [0.1, 0.15) is 17.5 Å². The van der Waals surface area contributed by atoms with Crippen LogP contribution in [0.4, 0.5) is 5.69 Å². The summed E-state index contributed by atoms with van der Waals surface area (Å²) < 4.78 is 0. The maximum Gasteiger partial charge on any atom is 0.241 e. The molecule has 1 amide bonds. The molecule has 0 radical (unpaired) electrons. The summed E-state index contributed by atoms with van der Waals surface area (Å²) in [5.41, 5.74) is 5.82. The molecule has 0 atom stereocenters. The smallest absolute Gasteiger partial charge is 0.241 e. The number of nitrogens with one attached hydrogen (secondary N) is 2. The van der Waals surface area contributed by atoms with Crippen molar-refractivity contribution in [1.82, 2.24) is 5.43 Å². The lowest BCUT2D eigenvalue weighted by molar-refractivity contribution is -0.120.